The summed E-state index contributed by atoms with van der Waals surface area (Å²) in [5.74, 6) is -0.0337. The molecule has 1 heterocycles. The molecule has 9 nitrogen and oxygen atoms in total. The molecule has 2 aromatic carbocycles. The first-order valence-corrected chi connectivity index (χ1v) is 10.4. The first-order chi connectivity index (χ1) is 15.5. The van der Waals surface area contributed by atoms with Crippen molar-refractivity contribution < 1.29 is 28.9 Å². The molecule has 0 aromatic heterocycles. The number of ether oxygens (including phenoxy) is 3. The molecule has 0 spiro atoms. The van der Waals surface area contributed by atoms with Crippen molar-refractivity contribution in [3.8, 4) is 11.5 Å². The zero-order chi connectivity index (χ0) is 22.8. The highest BCUT2D eigenvalue weighted by Crippen LogP contribution is 2.29. The minimum Gasteiger partial charge on any atom is -0.490 e. The van der Waals surface area contributed by atoms with Gasteiger partial charge in [-0.2, -0.15) is 5.10 Å². The van der Waals surface area contributed by atoms with Crippen LogP contribution in [-0.4, -0.2) is 67.6 Å². The summed E-state index contributed by atoms with van der Waals surface area (Å²) >= 11 is 0. The normalized spacial score (nSPS) is 13.8. The number of hydrogen-bond acceptors (Lipinski definition) is 7. The Bertz CT molecular complexity index is 946. The molecular formula is C23H28ClN3O6. The highest BCUT2D eigenvalue weighted by atomic mass is 35.5. The Morgan fingerprint density at radius 1 is 1.12 bits per heavy atom. The summed E-state index contributed by atoms with van der Waals surface area (Å²) < 4.78 is 16.8. The standard InChI is InChI=1S/C23H27N3O6.ClH/c1-2-31-21-13-18(14-24-25-22(27)15-26-9-11-30-12-10-26)5-8-20(21)32-16-17-3-6-19(7-4-17)23(28)29;/h3-8,13-14H,2,9-12,15-16H2,1H3,(H,25,27)(H,28,29);1H/b24-14+;. The third kappa shape index (κ3) is 8.38. The van der Waals surface area contributed by atoms with Gasteiger partial charge in [-0.05, 0) is 48.4 Å². The summed E-state index contributed by atoms with van der Waals surface area (Å²) in [7, 11) is 0. The van der Waals surface area contributed by atoms with Crippen LogP contribution in [0.25, 0.3) is 0 Å². The lowest BCUT2D eigenvalue weighted by Crippen LogP contribution is -2.42. The predicted molar refractivity (Wildman–Crippen MR) is 126 cm³/mol. The fraction of sp³-hybridized carbons (Fsp3) is 0.348. The van der Waals surface area contributed by atoms with Gasteiger partial charge in [0.05, 0.1) is 38.1 Å². The molecule has 2 N–H and O–H groups in total. The van der Waals surface area contributed by atoms with Crippen LogP contribution >= 0.6 is 12.4 Å². The Balaban J connectivity index is 0.00000385. The molecule has 1 amide bonds. The smallest absolute Gasteiger partial charge is 0.335 e. The number of hydrazone groups is 1. The Morgan fingerprint density at radius 2 is 1.85 bits per heavy atom. The summed E-state index contributed by atoms with van der Waals surface area (Å²) in [4.78, 5) is 25.0. The van der Waals surface area contributed by atoms with Crippen molar-refractivity contribution >= 4 is 30.5 Å². The molecule has 178 valence electrons. The van der Waals surface area contributed by atoms with Crippen LogP contribution in [-0.2, 0) is 16.1 Å². The van der Waals surface area contributed by atoms with Gasteiger partial charge in [0.25, 0.3) is 5.91 Å². The molecule has 0 unspecified atom stereocenters. The van der Waals surface area contributed by atoms with Crippen molar-refractivity contribution in [3.63, 3.8) is 0 Å². The van der Waals surface area contributed by atoms with E-state index in [1.165, 1.54) is 12.1 Å². The first kappa shape index (κ1) is 26.1. The van der Waals surface area contributed by atoms with Crippen LogP contribution in [0.15, 0.2) is 47.6 Å². The molecule has 1 aliphatic heterocycles. The van der Waals surface area contributed by atoms with E-state index in [0.29, 0.717) is 31.3 Å². The van der Waals surface area contributed by atoms with Crippen LogP contribution in [0.4, 0.5) is 0 Å². The fourth-order valence-corrected chi connectivity index (χ4v) is 3.07. The quantitative estimate of drug-likeness (QED) is 0.399. The number of aromatic carboxylic acids is 1. The maximum Gasteiger partial charge on any atom is 0.335 e. The van der Waals surface area contributed by atoms with Crippen molar-refractivity contribution in [3.05, 3.63) is 59.2 Å². The van der Waals surface area contributed by atoms with E-state index in [2.05, 4.69) is 10.5 Å². The highest BCUT2D eigenvalue weighted by molar-refractivity contribution is 5.87. The van der Waals surface area contributed by atoms with Crippen LogP contribution < -0.4 is 14.9 Å². The number of amides is 1. The number of carbonyl (C=O) groups excluding carboxylic acids is 1. The molecule has 33 heavy (non-hydrogen) atoms. The fourth-order valence-electron chi connectivity index (χ4n) is 3.07. The number of carbonyl (C=O) groups is 2. The van der Waals surface area contributed by atoms with Gasteiger partial charge >= 0.3 is 5.97 Å². The number of hydrogen-bond donors (Lipinski definition) is 2. The second kappa shape index (κ2) is 13.4. The van der Waals surface area contributed by atoms with E-state index in [-0.39, 0.29) is 37.0 Å². The van der Waals surface area contributed by atoms with Crippen molar-refractivity contribution in [2.24, 2.45) is 5.10 Å². The van der Waals surface area contributed by atoms with E-state index >= 15 is 0 Å². The average Bonchev–Trinajstić information content (AvgIpc) is 2.79. The zero-order valence-corrected chi connectivity index (χ0v) is 19.2. The lowest BCUT2D eigenvalue weighted by molar-refractivity contribution is -0.123. The number of nitrogens with zero attached hydrogens (tertiary/aromatic N) is 2. The number of morpholine rings is 1. The monoisotopic (exact) mass is 477 g/mol. The van der Waals surface area contributed by atoms with Crippen LogP contribution in [0.2, 0.25) is 0 Å². The van der Waals surface area contributed by atoms with Gasteiger partial charge in [0, 0.05) is 13.1 Å². The Labute approximate surface area is 198 Å². The maximum absolute atomic E-state index is 12.0. The van der Waals surface area contributed by atoms with Gasteiger partial charge in [0.1, 0.15) is 6.61 Å². The Morgan fingerprint density at radius 3 is 2.52 bits per heavy atom. The van der Waals surface area contributed by atoms with Gasteiger partial charge in [-0.3, -0.25) is 9.69 Å². The number of halogens is 1. The van der Waals surface area contributed by atoms with Gasteiger partial charge in [-0.15, -0.1) is 12.4 Å². The van der Waals surface area contributed by atoms with Crippen molar-refractivity contribution in [1.29, 1.82) is 0 Å². The minimum absolute atomic E-state index is 0. The molecule has 0 bridgehead atoms. The SMILES string of the molecule is CCOc1cc(/C=N/NC(=O)CN2CCOCC2)ccc1OCc1ccc(C(=O)O)cc1.Cl. The number of carboxylic acid groups (broad SMARTS) is 1. The number of carboxylic acids is 1. The molecule has 3 rings (SSSR count). The zero-order valence-electron chi connectivity index (χ0n) is 18.4. The molecule has 0 saturated carbocycles. The van der Waals surface area contributed by atoms with E-state index in [1.54, 1.807) is 30.5 Å². The molecule has 0 radical (unpaired) electrons. The summed E-state index contributed by atoms with van der Waals surface area (Å²) in [6, 6.07) is 11.9. The number of rotatable bonds is 10. The summed E-state index contributed by atoms with van der Waals surface area (Å²) in [5, 5.41) is 13.0. The van der Waals surface area contributed by atoms with E-state index in [4.69, 9.17) is 19.3 Å². The summed E-state index contributed by atoms with van der Waals surface area (Å²) in [6.07, 6.45) is 1.55. The van der Waals surface area contributed by atoms with E-state index < -0.39 is 5.97 Å². The van der Waals surface area contributed by atoms with Crippen LogP contribution in [0, 0.1) is 0 Å². The molecule has 1 aliphatic rings. The van der Waals surface area contributed by atoms with E-state index in [1.807, 2.05) is 17.9 Å². The van der Waals surface area contributed by atoms with Crippen molar-refractivity contribution in [2.45, 2.75) is 13.5 Å². The average molecular weight is 478 g/mol. The summed E-state index contributed by atoms with van der Waals surface area (Å²) in [6.45, 7) is 5.63. The summed E-state index contributed by atoms with van der Waals surface area (Å²) in [5.41, 5.74) is 4.35. The van der Waals surface area contributed by atoms with Crippen molar-refractivity contribution in [2.75, 3.05) is 39.5 Å². The van der Waals surface area contributed by atoms with E-state index in [9.17, 15) is 9.59 Å². The molecular weight excluding hydrogens is 450 g/mol. The molecule has 10 heteroatoms. The van der Waals surface area contributed by atoms with Crippen LogP contribution in [0.1, 0.15) is 28.4 Å². The molecule has 0 aliphatic carbocycles. The number of nitrogens with one attached hydrogen (secondary N) is 1. The topological polar surface area (TPSA) is 110 Å². The lowest BCUT2D eigenvalue weighted by Gasteiger charge is -2.25. The van der Waals surface area contributed by atoms with Gasteiger partial charge in [0.15, 0.2) is 11.5 Å². The molecule has 0 atom stereocenters. The predicted octanol–water partition coefficient (Wildman–Crippen LogP) is 2.57. The molecule has 1 fully saturated rings. The van der Waals surface area contributed by atoms with Gasteiger partial charge < -0.3 is 19.3 Å². The Kier molecular flexibility index (Phi) is 10.6. The van der Waals surface area contributed by atoms with Crippen molar-refractivity contribution in [1.82, 2.24) is 10.3 Å². The van der Waals surface area contributed by atoms with Gasteiger partial charge in [0.2, 0.25) is 0 Å². The number of benzene rings is 2. The largest absolute Gasteiger partial charge is 0.490 e. The second-order valence-corrected chi connectivity index (χ2v) is 7.11. The molecule has 1 saturated heterocycles. The Hall–Kier alpha value is -3.14. The minimum atomic E-state index is -0.967. The lowest BCUT2D eigenvalue weighted by atomic mass is 10.1. The maximum atomic E-state index is 12.0. The highest BCUT2D eigenvalue weighted by Gasteiger charge is 2.13. The van der Waals surface area contributed by atoms with E-state index in [0.717, 1.165) is 24.2 Å². The first-order valence-electron chi connectivity index (χ1n) is 10.4. The van der Waals surface area contributed by atoms with Crippen LogP contribution in [0.5, 0.6) is 11.5 Å². The third-order valence-electron chi connectivity index (χ3n) is 4.74. The molecule has 2 aromatic rings. The third-order valence-corrected chi connectivity index (χ3v) is 4.74. The van der Waals surface area contributed by atoms with Gasteiger partial charge in [-0.25, -0.2) is 10.2 Å². The van der Waals surface area contributed by atoms with Crippen LogP contribution in [0.3, 0.4) is 0 Å². The second-order valence-electron chi connectivity index (χ2n) is 7.11. The van der Waals surface area contributed by atoms with Gasteiger partial charge in [-0.1, -0.05) is 12.1 Å².